The van der Waals surface area contributed by atoms with E-state index in [0.717, 1.165) is 5.39 Å². The smallest absolute Gasteiger partial charge is 0.220 e. The van der Waals surface area contributed by atoms with E-state index in [1.165, 1.54) is 0 Å². The van der Waals surface area contributed by atoms with Gasteiger partial charge in [0.2, 0.25) is 10.0 Å². The van der Waals surface area contributed by atoms with Crippen LogP contribution in [0, 0.1) is 0 Å². The first-order chi connectivity index (χ1) is 9.99. The highest BCUT2D eigenvalue weighted by atomic mass is 35.5. The average Bonchev–Trinajstić information content (AvgIpc) is 2.84. The molecule has 3 rings (SSSR count). The van der Waals surface area contributed by atoms with Crippen LogP contribution in [0.3, 0.4) is 0 Å². The molecule has 2 unspecified atom stereocenters. The molecule has 22 heavy (non-hydrogen) atoms. The lowest BCUT2D eigenvalue weighted by Crippen LogP contribution is -2.57. The van der Waals surface area contributed by atoms with Crippen molar-refractivity contribution in [2.75, 3.05) is 13.1 Å². The molecule has 6 nitrogen and oxygen atoms in total. The van der Waals surface area contributed by atoms with Gasteiger partial charge >= 0.3 is 0 Å². The summed E-state index contributed by atoms with van der Waals surface area (Å²) in [5.74, 6) is -0.124. The predicted octanol–water partition coefficient (Wildman–Crippen LogP) is 1.76. The molecule has 1 aliphatic rings. The Kier molecular flexibility index (Phi) is 5.11. The SMILES string of the molecule is CC1NCCN(S(=O)(=O)Cc2noc3ccccc23)C1C.Cl. The quantitative estimate of drug-likeness (QED) is 0.917. The molecular formula is C14H20ClN3O3S. The van der Waals surface area contributed by atoms with E-state index in [2.05, 4.69) is 10.5 Å². The van der Waals surface area contributed by atoms with Crippen molar-refractivity contribution in [1.82, 2.24) is 14.8 Å². The van der Waals surface area contributed by atoms with Crippen LogP contribution in [0.4, 0.5) is 0 Å². The van der Waals surface area contributed by atoms with Crippen molar-refractivity contribution in [3.8, 4) is 0 Å². The molecule has 2 aromatic rings. The Morgan fingerprint density at radius 1 is 1.36 bits per heavy atom. The minimum atomic E-state index is -3.41. The first kappa shape index (κ1) is 17.2. The first-order valence-electron chi connectivity index (χ1n) is 7.05. The van der Waals surface area contributed by atoms with Crippen molar-refractivity contribution in [3.05, 3.63) is 30.0 Å². The number of hydrogen-bond donors (Lipinski definition) is 1. The Bertz CT molecular complexity index is 747. The van der Waals surface area contributed by atoms with Crippen molar-refractivity contribution < 1.29 is 12.9 Å². The van der Waals surface area contributed by atoms with E-state index < -0.39 is 10.0 Å². The molecule has 0 saturated carbocycles. The monoisotopic (exact) mass is 345 g/mol. The van der Waals surface area contributed by atoms with Gasteiger partial charge in [-0.05, 0) is 26.0 Å². The molecule has 0 spiro atoms. The largest absolute Gasteiger partial charge is 0.356 e. The molecule has 1 fully saturated rings. The standard InChI is InChI=1S/C14H19N3O3S.ClH/c1-10-11(2)17(8-7-15-10)21(18,19)9-13-12-5-3-4-6-14(12)20-16-13;/h3-6,10-11,15H,7-9H2,1-2H3;1H. The molecule has 1 aliphatic heterocycles. The van der Waals surface area contributed by atoms with Gasteiger partial charge < -0.3 is 9.84 Å². The number of hydrogen-bond acceptors (Lipinski definition) is 5. The van der Waals surface area contributed by atoms with E-state index in [9.17, 15) is 8.42 Å². The Labute approximate surface area is 136 Å². The number of para-hydroxylation sites is 1. The third-order valence-corrected chi connectivity index (χ3v) is 5.97. The maximum absolute atomic E-state index is 12.7. The van der Waals surface area contributed by atoms with Crippen LogP contribution in [0.5, 0.6) is 0 Å². The summed E-state index contributed by atoms with van der Waals surface area (Å²) >= 11 is 0. The van der Waals surface area contributed by atoms with Crippen molar-refractivity contribution in [2.24, 2.45) is 0 Å². The van der Waals surface area contributed by atoms with E-state index in [-0.39, 0.29) is 30.2 Å². The molecule has 1 aromatic carbocycles. The third kappa shape index (κ3) is 3.12. The van der Waals surface area contributed by atoms with Crippen molar-refractivity contribution >= 4 is 33.4 Å². The average molecular weight is 346 g/mol. The van der Waals surface area contributed by atoms with Gasteiger partial charge in [-0.25, -0.2) is 8.42 Å². The molecule has 0 bridgehead atoms. The molecule has 122 valence electrons. The lowest BCUT2D eigenvalue weighted by atomic mass is 10.1. The van der Waals surface area contributed by atoms with E-state index in [1.807, 2.05) is 32.0 Å². The number of sulfonamides is 1. The zero-order chi connectivity index (χ0) is 15.0. The maximum atomic E-state index is 12.7. The molecule has 1 aromatic heterocycles. The van der Waals surface area contributed by atoms with Gasteiger partial charge in [-0.15, -0.1) is 12.4 Å². The van der Waals surface area contributed by atoms with Gasteiger partial charge in [0.15, 0.2) is 5.58 Å². The van der Waals surface area contributed by atoms with Crippen molar-refractivity contribution in [2.45, 2.75) is 31.7 Å². The fraction of sp³-hybridized carbons (Fsp3) is 0.500. The summed E-state index contributed by atoms with van der Waals surface area (Å²) in [5, 5.41) is 7.97. The molecule has 0 radical (unpaired) electrons. The van der Waals surface area contributed by atoms with Crippen LogP contribution in [0.1, 0.15) is 19.5 Å². The summed E-state index contributed by atoms with van der Waals surface area (Å²) in [4.78, 5) is 0. The summed E-state index contributed by atoms with van der Waals surface area (Å²) in [6, 6.07) is 7.38. The second-order valence-electron chi connectivity index (χ2n) is 5.48. The summed E-state index contributed by atoms with van der Waals surface area (Å²) in [6.07, 6.45) is 0. The number of aromatic nitrogens is 1. The second kappa shape index (κ2) is 6.54. The van der Waals surface area contributed by atoms with Crippen LogP contribution in [0.15, 0.2) is 28.8 Å². The summed E-state index contributed by atoms with van der Waals surface area (Å²) in [5.41, 5.74) is 1.09. The zero-order valence-corrected chi connectivity index (χ0v) is 14.2. The minimum absolute atomic E-state index is 0. The molecule has 1 saturated heterocycles. The highest BCUT2D eigenvalue weighted by Crippen LogP contribution is 2.23. The number of halogens is 1. The van der Waals surface area contributed by atoms with E-state index >= 15 is 0 Å². The fourth-order valence-corrected chi connectivity index (χ4v) is 4.49. The Morgan fingerprint density at radius 3 is 2.86 bits per heavy atom. The van der Waals surface area contributed by atoms with Crippen LogP contribution in [-0.2, 0) is 15.8 Å². The Balaban J connectivity index is 0.00000176. The summed E-state index contributed by atoms with van der Waals surface area (Å²) in [7, 11) is -3.41. The van der Waals surface area contributed by atoms with Crippen LogP contribution < -0.4 is 5.32 Å². The normalized spacial score (nSPS) is 23.4. The maximum Gasteiger partial charge on any atom is 0.220 e. The molecule has 2 atom stereocenters. The van der Waals surface area contributed by atoms with Gasteiger partial charge in [-0.2, -0.15) is 4.31 Å². The number of piperazine rings is 1. The van der Waals surface area contributed by atoms with Crippen molar-refractivity contribution in [3.63, 3.8) is 0 Å². The molecule has 8 heteroatoms. The summed E-state index contributed by atoms with van der Waals surface area (Å²) < 4.78 is 32.1. The zero-order valence-electron chi connectivity index (χ0n) is 12.5. The van der Waals surface area contributed by atoms with Gasteiger partial charge in [-0.3, -0.25) is 0 Å². The highest BCUT2D eigenvalue weighted by Gasteiger charge is 2.34. The van der Waals surface area contributed by atoms with Crippen LogP contribution in [0.2, 0.25) is 0 Å². The predicted molar refractivity (Wildman–Crippen MR) is 87.5 cm³/mol. The lowest BCUT2D eigenvalue weighted by Gasteiger charge is -2.37. The van der Waals surface area contributed by atoms with E-state index in [1.54, 1.807) is 10.4 Å². The van der Waals surface area contributed by atoms with Crippen LogP contribution in [0.25, 0.3) is 11.0 Å². The fourth-order valence-electron chi connectivity index (χ4n) is 2.72. The van der Waals surface area contributed by atoms with Crippen molar-refractivity contribution in [1.29, 1.82) is 0 Å². The molecule has 0 aliphatic carbocycles. The molecule has 1 N–H and O–H groups in total. The molecular weight excluding hydrogens is 326 g/mol. The van der Waals surface area contributed by atoms with Crippen LogP contribution in [-0.4, -0.2) is 43.1 Å². The highest BCUT2D eigenvalue weighted by molar-refractivity contribution is 7.88. The molecule has 0 amide bonds. The minimum Gasteiger partial charge on any atom is -0.356 e. The number of rotatable bonds is 3. The lowest BCUT2D eigenvalue weighted by molar-refractivity contribution is 0.232. The molecule has 2 heterocycles. The first-order valence-corrected chi connectivity index (χ1v) is 8.66. The van der Waals surface area contributed by atoms with E-state index in [0.29, 0.717) is 24.4 Å². The number of fused-ring (bicyclic) bond motifs is 1. The van der Waals surface area contributed by atoms with Gasteiger partial charge in [0, 0.05) is 30.6 Å². The van der Waals surface area contributed by atoms with Gasteiger partial charge in [0.05, 0.1) is 0 Å². The van der Waals surface area contributed by atoms with Crippen LogP contribution >= 0.6 is 12.4 Å². The second-order valence-corrected chi connectivity index (χ2v) is 7.40. The van der Waals surface area contributed by atoms with Gasteiger partial charge in [-0.1, -0.05) is 17.3 Å². The third-order valence-electron chi connectivity index (χ3n) is 4.10. The number of nitrogens with one attached hydrogen (secondary N) is 1. The summed E-state index contributed by atoms with van der Waals surface area (Å²) in [6.45, 7) is 5.08. The number of benzene rings is 1. The van der Waals surface area contributed by atoms with E-state index in [4.69, 9.17) is 4.52 Å². The topological polar surface area (TPSA) is 75.4 Å². The number of nitrogens with zero attached hydrogens (tertiary/aromatic N) is 2. The van der Waals surface area contributed by atoms with Gasteiger partial charge in [0.25, 0.3) is 0 Å². The Morgan fingerprint density at radius 2 is 2.09 bits per heavy atom. The van der Waals surface area contributed by atoms with Gasteiger partial charge in [0.1, 0.15) is 11.4 Å². The Hall–Kier alpha value is -1.15.